The van der Waals surface area contributed by atoms with Crippen LogP contribution in [0.2, 0.25) is 0 Å². The Morgan fingerprint density at radius 1 is 0.625 bits per heavy atom. The van der Waals surface area contributed by atoms with Gasteiger partial charge in [0, 0.05) is 5.92 Å². The first kappa shape index (κ1) is 17.7. The van der Waals surface area contributed by atoms with Crippen molar-refractivity contribution >= 4 is 8.69 Å². The van der Waals surface area contributed by atoms with Crippen LogP contribution in [0.3, 0.4) is 0 Å². The van der Waals surface area contributed by atoms with E-state index in [1.165, 1.54) is 5.56 Å². The molecule has 0 aliphatic carbocycles. The standard InChI is InChI=1S/C19H16O2.HO2P/c20-17-10-6-15(7-11-17)19(14-4-2-1-3-5-14)16-8-12-18(21)13-9-16;1-3-2/h1-13,19-21H;3H/p+1. The molecule has 0 aliphatic rings. The molecule has 3 rings (SSSR count). The lowest BCUT2D eigenvalue weighted by molar-refractivity contribution is 0.475. The maximum Gasteiger partial charge on any atom is 0.491 e. The van der Waals surface area contributed by atoms with Crippen molar-refractivity contribution in [3.8, 4) is 11.5 Å². The van der Waals surface area contributed by atoms with Gasteiger partial charge in [-0.3, -0.25) is 0 Å². The first-order chi connectivity index (χ1) is 11.7. The SMILES string of the molecule is O=[PH+]O.Oc1ccc(C(c2ccccc2)c2ccc(O)cc2)cc1. The van der Waals surface area contributed by atoms with Gasteiger partial charge in [0.2, 0.25) is 0 Å². The van der Waals surface area contributed by atoms with Crippen molar-refractivity contribution in [1.29, 1.82) is 0 Å². The molecule has 1 atom stereocenters. The topological polar surface area (TPSA) is 77.8 Å². The van der Waals surface area contributed by atoms with Gasteiger partial charge in [0.1, 0.15) is 11.5 Å². The highest BCUT2D eigenvalue weighted by molar-refractivity contribution is 7.16. The molecule has 0 aromatic heterocycles. The van der Waals surface area contributed by atoms with E-state index >= 15 is 0 Å². The van der Waals surface area contributed by atoms with Gasteiger partial charge in [-0.2, -0.15) is 4.89 Å². The van der Waals surface area contributed by atoms with Gasteiger partial charge in [0.15, 0.2) is 0 Å². The van der Waals surface area contributed by atoms with E-state index in [-0.39, 0.29) is 17.4 Å². The van der Waals surface area contributed by atoms with Crippen molar-refractivity contribution in [1.82, 2.24) is 0 Å². The molecule has 0 radical (unpaired) electrons. The van der Waals surface area contributed by atoms with Crippen LogP contribution in [0.25, 0.3) is 0 Å². The summed E-state index contributed by atoms with van der Waals surface area (Å²) in [4.78, 5) is 7.04. The Kier molecular flexibility index (Phi) is 6.50. The minimum atomic E-state index is -1.17. The first-order valence-corrected chi connectivity index (χ1v) is 8.15. The summed E-state index contributed by atoms with van der Waals surface area (Å²) in [6.45, 7) is 0. The van der Waals surface area contributed by atoms with Crippen LogP contribution < -0.4 is 0 Å². The molecule has 0 spiro atoms. The van der Waals surface area contributed by atoms with Gasteiger partial charge in [-0.15, -0.1) is 0 Å². The van der Waals surface area contributed by atoms with E-state index in [0.29, 0.717) is 0 Å². The molecule has 1 unspecified atom stereocenters. The highest BCUT2D eigenvalue weighted by atomic mass is 31.1. The van der Waals surface area contributed by atoms with Gasteiger partial charge in [-0.25, -0.2) is 0 Å². The fourth-order valence-electron chi connectivity index (χ4n) is 2.56. The Balaban J connectivity index is 0.000000647. The first-order valence-electron chi connectivity index (χ1n) is 7.29. The van der Waals surface area contributed by atoms with Crippen molar-refractivity contribution in [3.05, 3.63) is 95.6 Å². The Labute approximate surface area is 142 Å². The van der Waals surface area contributed by atoms with E-state index in [2.05, 4.69) is 12.1 Å². The Bertz CT molecular complexity index is 710. The summed E-state index contributed by atoms with van der Waals surface area (Å²) in [5.41, 5.74) is 3.38. The van der Waals surface area contributed by atoms with Crippen molar-refractivity contribution < 1.29 is 19.7 Å². The average Bonchev–Trinajstić information content (AvgIpc) is 2.60. The summed E-state index contributed by atoms with van der Waals surface area (Å²) in [5, 5.41) is 19.0. The lowest BCUT2D eigenvalue weighted by atomic mass is 9.85. The third-order valence-electron chi connectivity index (χ3n) is 3.59. The summed E-state index contributed by atoms with van der Waals surface area (Å²) < 4.78 is 8.51. The van der Waals surface area contributed by atoms with Crippen molar-refractivity contribution in [2.24, 2.45) is 0 Å². The second-order valence-corrected chi connectivity index (χ2v) is 5.30. The van der Waals surface area contributed by atoms with Gasteiger partial charge in [-0.1, -0.05) is 54.6 Å². The zero-order valence-electron chi connectivity index (χ0n) is 12.8. The maximum atomic E-state index is 9.48. The minimum absolute atomic E-state index is 0.0763. The quantitative estimate of drug-likeness (QED) is 0.493. The van der Waals surface area contributed by atoms with Crippen LogP contribution >= 0.6 is 8.69 Å². The van der Waals surface area contributed by atoms with Gasteiger partial charge < -0.3 is 10.2 Å². The molecule has 0 fully saturated rings. The van der Waals surface area contributed by atoms with Gasteiger partial charge >= 0.3 is 8.69 Å². The molecule has 3 aromatic carbocycles. The number of rotatable bonds is 3. The number of benzene rings is 3. The summed E-state index contributed by atoms with van der Waals surface area (Å²) >= 11 is 0. The number of aromatic hydroxyl groups is 2. The second kappa shape index (κ2) is 8.82. The van der Waals surface area contributed by atoms with Crippen molar-refractivity contribution in [2.45, 2.75) is 5.92 Å². The monoisotopic (exact) mass is 341 g/mol. The molecule has 5 heteroatoms. The molecule has 0 saturated carbocycles. The molecule has 122 valence electrons. The zero-order chi connectivity index (χ0) is 17.4. The summed E-state index contributed by atoms with van der Waals surface area (Å²) in [6, 6.07) is 24.7. The smallest absolute Gasteiger partial charge is 0.491 e. The lowest BCUT2D eigenvalue weighted by Crippen LogP contribution is -2.02. The van der Waals surface area contributed by atoms with E-state index in [1.54, 1.807) is 24.3 Å². The molecule has 4 nitrogen and oxygen atoms in total. The molecular weight excluding hydrogens is 323 g/mol. The predicted octanol–water partition coefficient (Wildman–Crippen LogP) is 4.20. The molecule has 0 saturated heterocycles. The van der Waals surface area contributed by atoms with Crippen LogP contribution in [0.15, 0.2) is 78.9 Å². The largest absolute Gasteiger partial charge is 0.508 e. The fourth-order valence-corrected chi connectivity index (χ4v) is 2.56. The van der Waals surface area contributed by atoms with Gasteiger partial charge in [0.05, 0.1) is 0 Å². The van der Waals surface area contributed by atoms with Crippen LogP contribution in [0, 0.1) is 0 Å². The number of phenols is 2. The van der Waals surface area contributed by atoms with Crippen LogP contribution in [-0.2, 0) is 4.57 Å². The Morgan fingerprint density at radius 3 is 1.33 bits per heavy atom. The minimum Gasteiger partial charge on any atom is -0.508 e. The number of hydrogen-bond donors (Lipinski definition) is 3. The average molecular weight is 341 g/mol. The second-order valence-electron chi connectivity index (χ2n) is 5.12. The van der Waals surface area contributed by atoms with Gasteiger partial charge in [0.25, 0.3) is 0 Å². The Hall–Kier alpha value is -2.68. The molecule has 0 aliphatic heterocycles. The van der Waals surface area contributed by atoms with E-state index in [9.17, 15) is 10.2 Å². The molecule has 0 amide bonds. The molecule has 0 bridgehead atoms. The lowest BCUT2D eigenvalue weighted by Gasteiger charge is -2.19. The van der Waals surface area contributed by atoms with Crippen LogP contribution in [0.4, 0.5) is 0 Å². The fraction of sp³-hybridized carbons (Fsp3) is 0.0526. The predicted molar refractivity (Wildman–Crippen MR) is 94.8 cm³/mol. The van der Waals surface area contributed by atoms with Gasteiger partial charge in [-0.05, 0) is 45.5 Å². The van der Waals surface area contributed by atoms with E-state index in [0.717, 1.165) is 11.1 Å². The molecule has 0 heterocycles. The van der Waals surface area contributed by atoms with E-state index < -0.39 is 8.69 Å². The highest BCUT2D eigenvalue weighted by Crippen LogP contribution is 2.33. The highest BCUT2D eigenvalue weighted by Gasteiger charge is 2.16. The third-order valence-corrected chi connectivity index (χ3v) is 3.59. The van der Waals surface area contributed by atoms with Crippen LogP contribution in [0.5, 0.6) is 11.5 Å². The number of phenolic OH excluding ortho intramolecular Hbond substituents is 2. The van der Waals surface area contributed by atoms with Crippen molar-refractivity contribution in [2.75, 3.05) is 0 Å². The molecule has 3 N–H and O–H groups in total. The summed E-state index contributed by atoms with van der Waals surface area (Å²) in [5.74, 6) is 0.597. The molecule has 3 aromatic rings. The third kappa shape index (κ3) is 4.66. The molecule has 24 heavy (non-hydrogen) atoms. The van der Waals surface area contributed by atoms with E-state index in [4.69, 9.17) is 9.46 Å². The summed E-state index contributed by atoms with van der Waals surface area (Å²) in [6.07, 6.45) is 0. The molecular formula is C19H18O4P+. The summed E-state index contributed by atoms with van der Waals surface area (Å²) in [7, 11) is -1.17. The zero-order valence-corrected chi connectivity index (χ0v) is 13.8. The van der Waals surface area contributed by atoms with Crippen LogP contribution in [-0.4, -0.2) is 15.1 Å². The van der Waals surface area contributed by atoms with E-state index in [1.807, 2.05) is 42.5 Å². The van der Waals surface area contributed by atoms with Crippen molar-refractivity contribution in [3.63, 3.8) is 0 Å². The Morgan fingerprint density at radius 2 is 0.958 bits per heavy atom. The number of hydrogen-bond acceptors (Lipinski definition) is 3. The normalized spacial score (nSPS) is 10.2. The maximum absolute atomic E-state index is 9.48. The van der Waals surface area contributed by atoms with Crippen LogP contribution in [0.1, 0.15) is 22.6 Å².